The average Bonchev–Trinajstić information content (AvgIpc) is 1.92. The van der Waals surface area contributed by atoms with Gasteiger partial charge in [0.2, 0.25) is 5.91 Å². The predicted molar refractivity (Wildman–Crippen MR) is 54.2 cm³/mol. The zero-order valence-corrected chi connectivity index (χ0v) is 8.21. The van der Waals surface area contributed by atoms with Crippen LogP contribution in [0.2, 0.25) is 0 Å². The van der Waals surface area contributed by atoms with E-state index in [0.717, 1.165) is 18.7 Å². The minimum Gasteiger partial charge on any atom is -0.356 e. The maximum Gasteiger partial charge on any atom is 0.216 e. The standard InChI is InChI=1S/C5H11NOS.CH4S.H2/c1-5(7)6-3-2-4-8;1-2;/h8H,2-4H2,1H3,(H,6,7);2H,1H3;1H. The first kappa shape index (κ1) is 12.8. The Labute approximate surface area is 75.1 Å². The molecule has 1 amide bonds. The van der Waals surface area contributed by atoms with Crippen LogP contribution < -0.4 is 5.32 Å². The van der Waals surface area contributed by atoms with Gasteiger partial charge in [-0.25, -0.2) is 0 Å². The summed E-state index contributed by atoms with van der Waals surface area (Å²) in [5.41, 5.74) is 0. The van der Waals surface area contributed by atoms with E-state index in [4.69, 9.17) is 0 Å². The summed E-state index contributed by atoms with van der Waals surface area (Å²) in [5, 5.41) is 2.66. The van der Waals surface area contributed by atoms with Crippen molar-refractivity contribution in [1.82, 2.24) is 5.32 Å². The van der Waals surface area contributed by atoms with Crippen molar-refractivity contribution < 1.29 is 6.22 Å². The highest BCUT2D eigenvalue weighted by atomic mass is 32.1. The summed E-state index contributed by atoms with van der Waals surface area (Å²) >= 11 is 7.50. The number of amides is 1. The van der Waals surface area contributed by atoms with E-state index in [1.54, 1.807) is 6.26 Å². The first-order chi connectivity index (χ1) is 4.77. The third-order valence-corrected chi connectivity index (χ3v) is 1.03. The molecule has 0 saturated carbocycles. The van der Waals surface area contributed by atoms with E-state index in [9.17, 15) is 4.79 Å². The summed E-state index contributed by atoms with van der Waals surface area (Å²) in [7, 11) is 0. The normalized spacial score (nSPS) is 7.60. The highest BCUT2D eigenvalue weighted by Crippen LogP contribution is 1.78. The van der Waals surface area contributed by atoms with E-state index in [0.29, 0.717) is 0 Å². The topological polar surface area (TPSA) is 29.1 Å². The minimum absolute atomic E-state index is 0. The van der Waals surface area contributed by atoms with Gasteiger partial charge in [0.05, 0.1) is 0 Å². The summed E-state index contributed by atoms with van der Waals surface area (Å²) in [6.45, 7) is 2.26. The lowest BCUT2D eigenvalue weighted by atomic mass is 10.5. The van der Waals surface area contributed by atoms with E-state index in [1.807, 2.05) is 0 Å². The molecule has 0 heterocycles. The number of rotatable bonds is 3. The van der Waals surface area contributed by atoms with Crippen LogP contribution in [0.25, 0.3) is 0 Å². The molecule has 0 unspecified atom stereocenters. The molecule has 0 radical (unpaired) electrons. The van der Waals surface area contributed by atoms with Gasteiger partial charge in [-0.05, 0) is 18.4 Å². The maximum atomic E-state index is 10.2. The third-order valence-electron chi connectivity index (χ3n) is 0.709. The minimum atomic E-state index is 0. The van der Waals surface area contributed by atoms with Gasteiger partial charge < -0.3 is 5.32 Å². The first-order valence-corrected chi connectivity index (χ1v) is 4.60. The van der Waals surface area contributed by atoms with E-state index in [-0.39, 0.29) is 7.33 Å². The van der Waals surface area contributed by atoms with Crippen LogP contribution in [0.5, 0.6) is 0 Å². The van der Waals surface area contributed by atoms with Gasteiger partial charge in [-0.15, -0.1) is 0 Å². The van der Waals surface area contributed by atoms with Gasteiger partial charge in [-0.1, -0.05) is 0 Å². The van der Waals surface area contributed by atoms with Crippen molar-refractivity contribution in [2.75, 3.05) is 18.6 Å². The molecule has 1 N–H and O–H groups in total. The molecule has 0 aromatic carbocycles. The fraction of sp³-hybridized carbons (Fsp3) is 0.833. The highest BCUT2D eigenvalue weighted by molar-refractivity contribution is 7.80. The quantitative estimate of drug-likeness (QED) is 0.446. The van der Waals surface area contributed by atoms with Crippen molar-refractivity contribution in [2.24, 2.45) is 0 Å². The molecule has 0 aliphatic heterocycles. The third kappa shape index (κ3) is 15.7. The van der Waals surface area contributed by atoms with Crippen molar-refractivity contribution in [3.63, 3.8) is 0 Å². The van der Waals surface area contributed by atoms with Gasteiger partial charge >= 0.3 is 0 Å². The van der Waals surface area contributed by atoms with Crippen LogP contribution in [0.4, 0.5) is 0 Å². The molecule has 0 bridgehead atoms. The largest absolute Gasteiger partial charge is 0.356 e. The lowest BCUT2D eigenvalue weighted by molar-refractivity contribution is -0.118. The van der Waals surface area contributed by atoms with Crippen molar-refractivity contribution >= 4 is 31.2 Å². The maximum absolute atomic E-state index is 10.2. The van der Waals surface area contributed by atoms with Crippen molar-refractivity contribution in [1.29, 1.82) is 0 Å². The SMILES string of the molecule is CC(=O)NCCCS.CS.[HH]. The summed E-state index contributed by atoms with van der Waals surface area (Å²) < 4.78 is 0. The second-order valence-corrected chi connectivity index (χ2v) is 2.01. The van der Waals surface area contributed by atoms with E-state index >= 15 is 0 Å². The van der Waals surface area contributed by atoms with Gasteiger partial charge in [-0.2, -0.15) is 25.3 Å². The molecule has 0 aliphatic carbocycles. The Morgan fingerprint density at radius 1 is 1.60 bits per heavy atom. The van der Waals surface area contributed by atoms with Crippen LogP contribution in [0.3, 0.4) is 0 Å². The molecule has 2 nitrogen and oxygen atoms in total. The summed E-state index contributed by atoms with van der Waals surface area (Å²) in [6.07, 6.45) is 2.64. The molecule has 10 heavy (non-hydrogen) atoms. The Balaban J connectivity index is -0.000000196. The second kappa shape index (κ2) is 11.9. The fourth-order valence-corrected chi connectivity index (χ4v) is 0.502. The Morgan fingerprint density at radius 3 is 2.40 bits per heavy atom. The summed E-state index contributed by atoms with van der Waals surface area (Å²) in [4.78, 5) is 10.2. The molecular weight excluding hydrogens is 166 g/mol. The molecule has 0 rings (SSSR count). The number of thiol groups is 2. The van der Waals surface area contributed by atoms with E-state index in [1.165, 1.54) is 6.92 Å². The van der Waals surface area contributed by atoms with Gasteiger partial charge in [-0.3, -0.25) is 4.79 Å². The second-order valence-electron chi connectivity index (χ2n) is 1.56. The molecule has 4 heteroatoms. The van der Waals surface area contributed by atoms with Crippen LogP contribution in [0, 0.1) is 0 Å². The molecule has 0 aromatic heterocycles. The Hall–Kier alpha value is 0.170. The number of hydrogen-bond donors (Lipinski definition) is 3. The van der Waals surface area contributed by atoms with Crippen LogP contribution in [0.15, 0.2) is 0 Å². The lowest BCUT2D eigenvalue weighted by Gasteiger charge is -1.96. The first-order valence-electron chi connectivity index (χ1n) is 3.07. The van der Waals surface area contributed by atoms with Gasteiger partial charge in [0, 0.05) is 14.9 Å². The summed E-state index contributed by atoms with van der Waals surface area (Å²) in [5.74, 6) is 0.868. The lowest BCUT2D eigenvalue weighted by Crippen LogP contribution is -2.20. The smallest absolute Gasteiger partial charge is 0.216 e. The number of carbonyl (C=O) groups excluding carboxylic acids is 1. The van der Waals surface area contributed by atoms with Crippen LogP contribution in [-0.2, 0) is 4.79 Å². The molecule has 0 fully saturated rings. The Kier molecular flexibility index (Phi) is 15.3. The predicted octanol–water partition coefficient (Wildman–Crippen LogP) is 1.23. The van der Waals surface area contributed by atoms with Crippen molar-refractivity contribution in [2.45, 2.75) is 13.3 Å². The number of carbonyl (C=O) groups is 1. The number of hydrogen-bond acceptors (Lipinski definition) is 3. The number of nitrogens with one attached hydrogen (secondary N) is 1. The van der Waals surface area contributed by atoms with Crippen molar-refractivity contribution in [3.05, 3.63) is 0 Å². The van der Waals surface area contributed by atoms with Crippen LogP contribution in [-0.4, -0.2) is 24.5 Å². The molecule has 0 atom stereocenters. The van der Waals surface area contributed by atoms with Crippen molar-refractivity contribution in [3.8, 4) is 0 Å². The fourth-order valence-electron chi connectivity index (χ4n) is 0.343. The monoisotopic (exact) mass is 183 g/mol. The zero-order chi connectivity index (χ0) is 8.41. The van der Waals surface area contributed by atoms with E-state index < -0.39 is 0 Å². The molecule has 0 saturated heterocycles. The average molecular weight is 183 g/mol. The summed E-state index contributed by atoms with van der Waals surface area (Å²) in [6, 6.07) is 0. The van der Waals surface area contributed by atoms with Crippen LogP contribution in [0.1, 0.15) is 14.8 Å². The molecule has 0 spiro atoms. The highest BCUT2D eigenvalue weighted by Gasteiger charge is 1.86. The molecule has 0 aliphatic rings. The Morgan fingerprint density at radius 2 is 2.10 bits per heavy atom. The van der Waals surface area contributed by atoms with Gasteiger partial charge in [0.25, 0.3) is 0 Å². The van der Waals surface area contributed by atoms with Crippen LogP contribution >= 0.6 is 25.3 Å². The van der Waals surface area contributed by atoms with E-state index in [2.05, 4.69) is 30.6 Å². The molecule has 0 aromatic rings. The molecular formula is C6H17NOS2. The molecule has 64 valence electrons. The zero-order valence-electron chi connectivity index (χ0n) is 6.42. The van der Waals surface area contributed by atoms with Gasteiger partial charge in [0.1, 0.15) is 0 Å². The Bertz CT molecular complexity index is 83.0. The van der Waals surface area contributed by atoms with Gasteiger partial charge in [0.15, 0.2) is 0 Å².